The average Bonchev–Trinajstić information content (AvgIpc) is 2.97. The van der Waals surface area contributed by atoms with Crippen LogP contribution in [0.4, 0.5) is 9.59 Å². The van der Waals surface area contributed by atoms with Gasteiger partial charge in [0.1, 0.15) is 17.1 Å². The quantitative estimate of drug-likeness (QED) is 0.468. The molecule has 2 aromatic carbocycles. The van der Waals surface area contributed by atoms with Gasteiger partial charge in [0.15, 0.2) is 0 Å². The fourth-order valence-corrected chi connectivity index (χ4v) is 6.07. The summed E-state index contributed by atoms with van der Waals surface area (Å²) in [6.45, 7) is 11.9. The molecule has 0 saturated carbocycles. The van der Waals surface area contributed by atoms with Gasteiger partial charge in [-0.2, -0.15) is 0 Å². The molecule has 2 heterocycles. The van der Waals surface area contributed by atoms with Crippen LogP contribution in [0.25, 0.3) is 0 Å². The van der Waals surface area contributed by atoms with E-state index in [0.29, 0.717) is 31.5 Å². The van der Waals surface area contributed by atoms with Crippen LogP contribution < -0.4 is 34.7 Å². The van der Waals surface area contributed by atoms with Crippen molar-refractivity contribution in [3.8, 4) is 0 Å². The fourth-order valence-electron chi connectivity index (χ4n) is 6.07. The smallest absolute Gasteiger partial charge is 0.549 e. The molecule has 10 nitrogen and oxygen atoms in total. The minimum atomic E-state index is -1.16. The molecule has 2 aromatic rings. The van der Waals surface area contributed by atoms with Crippen LogP contribution in [0.2, 0.25) is 0 Å². The summed E-state index contributed by atoms with van der Waals surface area (Å²) in [5.74, 6) is -3.64. The molecule has 47 heavy (non-hydrogen) atoms. The maximum atomic E-state index is 12.5. The molecule has 2 amide bonds. The van der Waals surface area contributed by atoms with E-state index in [1.807, 2.05) is 45.0 Å². The number of carbonyl (C=O) groups excluding carboxylic acids is 3. The van der Waals surface area contributed by atoms with Gasteiger partial charge in [0.2, 0.25) is 0 Å². The average molecular weight is 661 g/mol. The summed E-state index contributed by atoms with van der Waals surface area (Å²) in [5.41, 5.74) is 0.182. The minimum Gasteiger partial charge on any atom is -0.549 e. The third-order valence-corrected chi connectivity index (χ3v) is 7.96. The number of hydrogen-bond donors (Lipinski definition) is 1. The van der Waals surface area contributed by atoms with E-state index in [9.17, 15) is 29.4 Å². The Hall–Kier alpha value is -3.08. The molecule has 4 rings (SSSR count). The number of carboxylic acid groups (broad SMARTS) is 2. The fraction of sp³-hybridized carbons (Fsp3) is 0.556. The number of carbonyl (C=O) groups is 4. The molecule has 2 aliphatic heterocycles. The molecule has 2 aliphatic rings. The van der Waals surface area contributed by atoms with Crippen molar-refractivity contribution in [2.75, 3.05) is 13.1 Å². The third-order valence-electron chi connectivity index (χ3n) is 7.96. The number of carboxylic acids is 2. The van der Waals surface area contributed by atoms with Gasteiger partial charge in [-0.05, 0) is 91.2 Å². The zero-order valence-electron chi connectivity index (χ0n) is 28.9. The molecule has 0 bridgehead atoms. The second-order valence-corrected chi connectivity index (χ2v) is 13.9. The summed E-state index contributed by atoms with van der Waals surface area (Å²) in [6.07, 6.45) is 3.95. The summed E-state index contributed by atoms with van der Waals surface area (Å²) in [7, 11) is 0. The predicted octanol–water partition coefficient (Wildman–Crippen LogP) is 2.96. The summed E-state index contributed by atoms with van der Waals surface area (Å²) < 4.78 is 10.9. The van der Waals surface area contributed by atoms with Gasteiger partial charge in [-0.3, -0.25) is 4.79 Å². The molecular formula is C36H49N2NaO8. The van der Waals surface area contributed by atoms with E-state index in [4.69, 9.17) is 9.47 Å². The molecule has 0 spiro atoms. The van der Waals surface area contributed by atoms with Gasteiger partial charge in [-0.15, -0.1) is 0 Å². The number of amides is 2. The van der Waals surface area contributed by atoms with E-state index in [0.717, 1.165) is 31.2 Å². The standard InChI is InChI=1S/2C18H25NO4.Na/c2*1-18(2,3)23-17(22)19-12-8-7-11-14(19)15(16(20)21)13-9-5-4-6-10-13;/h2*4-6,9-10,14-15H,7-8,11-12H2,1-3H3,(H,20,21);/q;;+1/p-1. The number of hydrogen-bond acceptors (Lipinski definition) is 7. The Kier molecular flexibility index (Phi) is 15.3. The molecule has 4 atom stereocenters. The van der Waals surface area contributed by atoms with Crippen molar-refractivity contribution < 1.29 is 68.4 Å². The molecule has 0 aromatic heterocycles. The molecule has 0 radical (unpaired) electrons. The van der Waals surface area contributed by atoms with E-state index in [2.05, 4.69) is 0 Å². The Morgan fingerprint density at radius 3 is 1.38 bits per heavy atom. The molecular weight excluding hydrogens is 611 g/mol. The summed E-state index contributed by atoms with van der Waals surface area (Å²) >= 11 is 0. The van der Waals surface area contributed by atoms with Crippen molar-refractivity contribution >= 4 is 24.1 Å². The minimum absolute atomic E-state index is 0. The van der Waals surface area contributed by atoms with Gasteiger partial charge in [-0.1, -0.05) is 60.7 Å². The molecule has 2 fully saturated rings. The first-order valence-corrected chi connectivity index (χ1v) is 16.1. The van der Waals surface area contributed by atoms with E-state index >= 15 is 0 Å². The summed E-state index contributed by atoms with van der Waals surface area (Å²) in [4.78, 5) is 51.8. The van der Waals surface area contributed by atoms with Crippen LogP contribution in [0.15, 0.2) is 60.7 Å². The number of nitrogens with zero attached hydrogens (tertiary/aromatic N) is 2. The zero-order valence-corrected chi connectivity index (χ0v) is 30.9. The first-order valence-electron chi connectivity index (χ1n) is 16.1. The maximum absolute atomic E-state index is 12.5. The van der Waals surface area contributed by atoms with Crippen LogP contribution in [0, 0.1) is 0 Å². The SMILES string of the molecule is CC(C)(C)OC(=O)N1CCCCC1C(C(=O)O)c1ccccc1.CC(C)(C)OC(=O)N1CCCCC1C(C(=O)[O-])c1ccccc1.[Na+]. The van der Waals surface area contributed by atoms with Crippen molar-refractivity contribution in [1.29, 1.82) is 0 Å². The molecule has 2 saturated heterocycles. The summed E-state index contributed by atoms with van der Waals surface area (Å²) in [5, 5.41) is 21.5. The van der Waals surface area contributed by atoms with E-state index in [1.165, 1.54) is 0 Å². The molecule has 11 heteroatoms. The van der Waals surface area contributed by atoms with Gasteiger partial charge in [-0.25, -0.2) is 9.59 Å². The van der Waals surface area contributed by atoms with Gasteiger partial charge in [0.25, 0.3) is 0 Å². The monoisotopic (exact) mass is 660 g/mol. The Bertz CT molecular complexity index is 1210. The first kappa shape index (κ1) is 40.1. The second kappa shape index (κ2) is 17.9. The van der Waals surface area contributed by atoms with Crippen LogP contribution in [0.3, 0.4) is 0 Å². The molecule has 0 aliphatic carbocycles. The topological polar surface area (TPSA) is 137 Å². The predicted molar refractivity (Wildman–Crippen MR) is 172 cm³/mol. The number of likely N-dealkylation sites (tertiary alicyclic amines) is 2. The van der Waals surface area contributed by atoms with Crippen LogP contribution in [-0.2, 0) is 19.1 Å². The van der Waals surface area contributed by atoms with E-state index in [1.54, 1.807) is 67.0 Å². The normalized spacial score (nSPS) is 19.5. The zero-order chi connectivity index (χ0) is 34.1. The van der Waals surface area contributed by atoms with Crippen LogP contribution in [0.1, 0.15) is 103 Å². The largest absolute Gasteiger partial charge is 1.00 e. The second-order valence-electron chi connectivity index (χ2n) is 13.9. The maximum Gasteiger partial charge on any atom is 1.00 e. The van der Waals surface area contributed by atoms with Gasteiger partial charge >= 0.3 is 47.7 Å². The van der Waals surface area contributed by atoms with Gasteiger partial charge in [0, 0.05) is 25.0 Å². The molecule has 4 unspecified atom stereocenters. The number of ether oxygens (including phenoxy) is 2. The van der Waals surface area contributed by atoms with E-state index in [-0.39, 0.29) is 35.6 Å². The Labute approximate surface area is 301 Å². The van der Waals surface area contributed by atoms with Crippen molar-refractivity contribution in [2.24, 2.45) is 0 Å². The number of piperidine rings is 2. The van der Waals surface area contributed by atoms with Crippen LogP contribution in [-0.4, -0.2) is 75.4 Å². The molecule has 1 N–H and O–H groups in total. The summed E-state index contributed by atoms with van der Waals surface area (Å²) in [6, 6.07) is 17.3. The number of rotatable bonds is 6. The van der Waals surface area contributed by atoms with E-state index < -0.39 is 53.2 Å². The van der Waals surface area contributed by atoms with Crippen molar-refractivity contribution in [3.63, 3.8) is 0 Å². The van der Waals surface area contributed by atoms with Crippen LogP contribution >= 0.6 is 0 Å². The Balaban J connectivity index is 0.000000320. The Morgan fingerprint density at radius 2 is 1.04 bits per heavy atom. The van der Waals surface area contributed by atoms with Crippen molar-refractivity contribution in [3.05, 3.63) is 71.8 Å². The number of aliphatic carboxylic acids is 2. The van der Waals surface area contributed by atoms with Gasteiger partial charge < -0.3 is 34.3 Å². The molecule has 252 valence electrons. The first-order chi connectivity index (χ1) is 21.6. The van der Waals surface area contributed by atoms with Crippen LogP contribution in [0.5, 0.6) is 0 Å². The van der Waals surface area contributed by atoms with Crippen molar-refractivity contribution in [1.82, 2.24) is 9.80 Å². The number of benzene rings is 2. The van der Waals surface area contributed by atoms with Crippen molar-refractivity contribution in [2.45, 2.75) is 115 Å². The Morgan fingerprint density at radius 1 is 0.681 bits per heavy atom. The third kappa shape index (κ3) is 12.1. The van der Waals surface area contributed by atoms with Gasteiger partial charge in [0.05, 0.1) is 12.0 Å².